The molecule has 4 rings (SSSR count). The Kier molecular flexibility index (Phi) is 8.66. The molecule has 1 saturated carbocycles. The third-order valence-corrected chi connectivity index (χ3v) is 6.72. The average Bonchev–Trinajstić information content (AvgIpc) is 2.89. The summed E-state index contributed by atoms with van der Waals surface area (Å²) in [5, 5.41) is 3.23. The molecule has 1 aliphatic rings. The standard InChI is InChI=1S/C30H33FN2O2/c31-27-19-11-10-16-25(27)21-29(34)33(22-24-14-6-2-7-15-24)28(20-23-12-4-1-5-13-23)30(35)32-26-17-8-3-9-18-26/h1-2,4-7,10-16,19,26,28H,3,8-9,17-18,20-22H2,(H,32,35)/t28-/m1/s1. The Bertz CT molecular complexity index is 1100. The summed E-state index contributed by atoms with van der Waals surface area (Å²) in [6, 6.07) is 25.2. The van der Waals surface area contributed by atoms with E-state index in [1.165, 1.54) is 12.5 Å². The van der Waals surface area contributed by atoms with Crippen molar-refractivity contribution in [3.05, 3.63) is 107 Å². The normalized spacial score (nSPS) is 14.8. The average molecular weight is 473 g/mol. The number of halogens is 1. The van der Waals surface area contributed by atoms with Gasteiger partial charge in [-0.2, -0.15) is 0 Å². The van der Waals surface area contributed by atoms with Gasteiger partial charge in [0.1, 0.15) is 11.9 Å². The Morgan fingerprint density at radius 3 is 2.09 bits per heavy atom. The Morgan fingerprint density at radius 1 is 0.829 bits per heavy atom. The molecule has 0 spiro atoms. The van der Waals surface area contributed by atoms with Crippen molar-refractivity contribution in [3.63, 3.8) is 0 Å². The molecule has 182 valence electrons. The molecule has 1 atom stereocenters. The molecule has 0 bridgehead atoms. The Balaban J connectivity index is 1.64. The minimum atomic E-state index is -0.696. The largest absolute Gasteiger partial charge is 0.352 e. The summed E-state index contributed by atoms with van der Waals surface area (Å²) in [4.78, 5) is 29.0. The van der Waals surface area contributed by atoms with E-state index in [1.54, 1.807) is 23.1 Å². The van der Waals surface area contributed by atoms with E-state index in [2.05, 4.69) is 5.32 Å². The van der Waals surface area contributed by atoms with Gasteiger partial charge in [-0.05, 0) is 35.6 Å². The lowest BCUT2D eigenvalue weighted by atomic mass is 9.94. The van der Waals surface area contributed by atoms with Crippen molar-refractivity contribution < 1.29 is 14.0 Å². The maximum absolute atomic E-state index is 14.4. The first kappa shape index (κ1) is 24.6. The molecular formula is C30H33FN2O2. The monoisotopic (exact) mass is 472 g/mol. The summed E-state index contributed by atoms with van der Waals surface area (Å²) in [7, 11) is 0. The van der Waals surface area contributed by atoms with Gasteiger partial charge in [0.2, 0.25) is 11.8 Å². The van der Waals surface area contributed by atoms with E-state index in [1.807, 2.05) is 60.7 Å². The highest BCUT2D eigenvalue weighted by atomic mass is 19.1. The number of benzene rings is 3. The number of hydrogen-bond donors (Lipinski definition) is 1. The zero-order chi connectivity index (χ0) is 24.5. The SMILES string of the molecule is O=C(NC1CCCCC1)[C@@H](Cc1ccccc1)N(Cc1ccccc1)C(=O)Cc1ccccc1F. The minimum absolute atomic E-state index is 0.0957. The second-order valence-corrected chi connectivity index (χ2v) is 9.32. The van der Waals surface area contributed by atoms with E-state index < -0.39 is 11.9 Å². The van der Waals surface area contributed by atoms with Crippen LogP contribution in [0, 0.1) is 5.82 Å². The molecule has 3 aromatic rings. The summed E-state index contributed by atoms with van der Waals surface area (Å²) in [6.07, 6.45) is 5.64. The van der Waals surface area contributed by atoms with Gasteiger partial charge in [0.05, 0.1) is 6.42 Å². The highest BCUT2D eigenvalue weighted by molar-refractivity contribution is 5.89. The van der Waals surface area contributed by atoms with Gasteiger partial charge in [0.15, 0.2) is 0 Å². The maximum atomic E-state index is 14.4. The van der Waals surface area contributed by atoms with E-state index in [0.29, 0.717) is 12.0 Å². The molecule has 1 fully saturated rings. The smallest absolute Gasteiger partial charge is 0.243 e. The highest BCUT2D eigenvalue weighted by Gasteiger charge is 2.32. The van der Waals surface area contributed by atoms with Crippen molar-refractivity contribution in [1.29, 1.82) is 0 Å². The molecule has 1 N–H and O–H groups in total. The summed E-state index contributed by atoms with van der Waals surface area (Å²) in [6.45, 7) is 0.281. The van der Waals surface area contributed by atoms with Crippen molar-refractivity contribution in [2.24, 2.45) is 0 Å². The molecule has 0 radical (unpaired) electrons. The third-order valence-electron chi connectivity index (χ3n) is 6.72. The maximum Gasteiger partial charge on any atom is 0.243 e. The van der Waals surface area contributed by atoms with E-state index in [-0.39, 0.29) is 30.8 Å². The first-order chi connectivity index (χ1) is 17.1. The molecule has 0 heterocycles. The lowest BCUT2D eigenvalue weighted by Crippen LogP contribution is -2.53. The number of nitrogens with zero attached hydrogens (tertiary/aromatic N) is 1. The molecule has 35 heavy (non-hydrogen) atoms. The Labute approximate surface area is 207 Å². The van der Waals surface area contributed by atoms with Crippen molar-refractivity contribution in [2.45, 2.75) is 63.6 Å². The van der Waals surface area contributed by atoms with Crippen LogP contribution in [0.2, 0.25) is 0 Å². The summed E-state index contributed by atoms with van der Waals surface area (Å²) in [5.41, 5.74) is 2.24. The molecule has 0 unspecified atom stereocenters. The van der Waals surface area contributed by atoms with Crippen molar-refractivity contribution >= 4 is 11.8 Å². The van der Waals surface area contributed by atoms with Crippen LogP contribution in [0.4, 0.5) is 4.39 Å². The van der Waals surface area contributed by atoms with Gasteiger partial charge in [0.25, 0.3) is 0 Å². The highest BCUT2D eigenvalue weighted by Crippen LogP contribution is 2.20. The van der Waals surface area contributed by atoms with Crippen LogP contribution in [-0.2, 0) is 29.0 Å². The van der Waals surface area contributed by atoms with Crippen LogP contribution in [-0.4, -0.2) is 28.8 Å². The summed E-state index contributed by atoms with van der Waals surface area (Å²) < 4.78 is 14.4. The zero-order valence-corrected chi connectivity index (χ0v) is 20.0. The number of carbonyl (C=O) groups excluding carboxylic acids is 2. The molecule has 4 nitrogen and oxygen atoms in total. The topological polar surface area (TPSA) is 49.4 Å². The van der Waals surface area contributed by atoms with Crippen molar-refractivity contribution in [1.82, 2.24) is 10.2 Å². The number of carbonyl (C=O) groups is 2. The third kappa shape index (κ3) is 7.01. The quantitative estimate of drug-likeness (QED) is 0.450. The number of nitrogens with one attached hydrogen (secondary N) is 1. The van der Waals surface area contributed by atoms with Crippen LogP contribution in [0.1, 0.15) is 48.8 Å². The lowest BCUT2D eigenvalue weighted by Gasteiger charge is -2.33. The lowest BCUT2D eigenvalue weighted by molar-refractivity contribution is -0.141. The van der Waals surface area contributed by atoms with Gasteiger partial charge < -0.3 is 10.2 Å². The molecule has 0 aromatic heterocycles. The van der Waals surface area contributed by atoms with Crippen LogP contribution in [0.3, 0.4) is 0 Å². The van der Waals surface area contributed by atoms with Crippen LogP contribution >= 0.6 is 0 Å². The van der Waals surface area contributed by atoms with Crippen molar-refractivity contribution in [3.8, 4) is 0 Å². The minimum Gasteiger partial charge on any atom is -0.352 e. The van der Waals surface area contributed by atoms with Gasteiger partial charge in [0, 0.05) is 19.0 Å². The van der Waals surface area contributed by atoms with E-state index >= 15 is 0 Å². The molecule has 0 saturated heterocycles. The van der Waals surface area contributed by atoms with Crippen LogP contribution in [0.15, 0.2) is 84.9 Å². The van der Waals surface area contributed by atoms with Gasteiger partial charge in [-0.25, -0.2) is 4.39 Å². The van der Waals surface area contributed by atoms with Gasteiger partial charge in [-0.15, -0.1) is 0 Å². The zero-order valence-electron chi connectivity index (χ0n) is 20.0. The van der Waals surface area contributed by atoms with Gasteiger partial charge in [-0.1, -0.05) is 98.1 Å². The Hall–Kier alpha value is -3.47. The van der Waals surface area contributed by atoms with Crippen LogP contribution < -0.4 is 5.32 Å². The first-order valence-corrected chi connectivity index (χ1v) is 12.5. The fourth-order valence-electron chi connectivity index (χ4n) is 4.78. The summed E-state index contributed by atoms with van der Waals surface area (Å²) in [5.74, 6) is -0.816. The molecule has 3 aromatic carbocycles. The van der Waals surface area contributed by atoms with E-state index in [4.69, 9.17) is 0 Å². The van der Waals surface area contributed by atoms with Gasteiger partial charge >= 0.3 is 0 Å². The van der Waals surface area contributed by atoms with Gasteiger partial charge in [-0.3, -0.25) is 9.59 Å². The van der Waals surface area contributed by atoms with E-state index in [0.717, 1.165) is 36.8 Å². The number of rotatable bonds is 9. The molecule has 0 aliphatic heterocycles. The predicted molar refractivity (Wildman–Crippen MR) is 136 cm³/mol. The number of amides is 2. The van der Waals surface area contributed by atoms with E-state index in [9.17, 15) is 14.0 Å². The fourth-order valence-corrected chi connectivity index (χ4v) is 4.78. The molecule has 5 heteroatoms. The summed E-state index contributed by atoms with van der Waals surface area (Å²) >= 11 is 0. The second-order valence-electron chi connectivity index (χ2n) is 9.32. The Morgan fingerprint density at radius 2 is 1.43 bits per heavy atom. The first-order valence-electron chi connectivity index (χ1n) is 12.5. The number of hydrogen-bond acceptors (Lipinski definition) is 2. The molecular weight excluding hydrogens is 439 g/mol. The molecule has 1 aliphatic carbocycles. The fraction of sp³-hybridized carbons (Fsp3) is 0.333. The van der Waals surface area contributed by atoms with Crippen LogP contribution in [0.25, 0.3) is 0 Å². The predicted octanol–water partition coefficient (Wildman–Crippen LogP) is 5.46. The van der Waals surface area contributed by atoms with Crippen molar-refractivity contribution in [2.75, 3.05) is 0 Å². The second kappa shape index (κ2) is 12.3. The van der Waals surface area contributed by atoms with Crippen LogP contribution in [0.5, 0.6) is 0 Å². The molecule has 2 amide bonds.